The SMILES string of the molecule is [3H]CC(CC)NC(=O)C1CCCN2CCC(NC)C(=O)N12. The number of fused-ring (bicyclic) bond motifs is 1. The van der Waals surface area contributed by atoms with Gasteiger partial charge in [-0.05, 0) is 39.6 Å². The number of rotatable bonds is 4. The molecule has 0 aromatic rings. The van der Waals surface area contributed by atoms with Crippen LogP contribution in [0.3, 0.4) is 0 Å². The summed E-state index contributed by atoms with van der Waals surface area (Å²) in [6.07, 6.45) is 3.13. The lowest BCUT2D eigenvalue weighted by Crippen LogP contribution is -2.67. The van der Waals surface area contributed by atoms with Gasteiger partial charge < -0.3 is 10.6 Å². The summed E-state index contributed by atoms with van der Waals surface area (Å²) >= 11 is 0. The minimum Gasteiger partial charge on any atom is -0.352 e. The average Bonchev–Trinajstić information content (AvgIpc) is 2.52. The zero-order valence-electron chi connectivity index (χ0n) is 13.4. The second-order valence-corrected chi connectivity index (χ2v) is 5.54. The minimum absolute atomic E-state index is 0.0116. The van der Waals surface area contributed by atoms with Crippen LogP contribution in [0.4, 0.5) is 0 Å². The molecule has 6 heteroatoms. The minimum atomic E-state index is -0.428. The number of nitrogens with one attached hydrogen (secondary N) is 2. The third-order valence-electron chi connectivity index (χ3n) is 4.18. The molecule has 6 nitrogen and oxygen atoms in total. The Hall–Kier alpha value is -1.14. The lowest BCUT2D eigenvalue weighted by atomic mass is 10.0. The van der Waals surface area contributed by atoms with Crippen LogP contribution in [-0.2, 0) is 9.59 Å². The molecule has 3 atom stereocenters. The molecule has 0 aliphatic carbocycles. The first-order chi connectivity index (χ1) is 10.1. The van der Waals surface area contributed by atoms with Gasteiger partial charge in [-0.25, -0.2) is 5.01 Å². The second-order valence-electron chi connectivity index (χ2n) is 5.54. The van der Waals surface area contributed by atoms with E-state index in [4.69, 9.17) is 1.37 Å². The first-order valence-corrected chi connectivity index (χ1v) is 7.47. The zero-order valence-corrected chi connectivity index (χ0v) is 12.4. The molecular weight excluding hydrogens is 256 g/mol. The van der Waals surface area contributed by atoms with E-state index in [2.05, 4.69) is 10.6 Å². The van der Waals surface area contributed by atoms with Crippen LogP contribution in [0.5, 0.6) is 0 Å². The Kier molecular flexibility index (Phi) is 4.52. The quantitative estimate of drug-likeness (QED) is 0.768. The van der Waals surface area contributed by atoms with Crippen molar-refractivity contribution in [1.29, 1.82) is 0 Å². The molecule has 0 spiro atoms. The maximum atomic E-state index is 12.5. The van der Waals surface area contributed by atoms with Gasteiger partial charge in [0.25, 0.3) is 5.91 Å². The summed E-state index contributed by atoms with van der Waals surface area (Å²) in [7, 11) is 1.78. The summed E-state index contributed by atoms with van der Waals surface area (Å²) in [5.74, 6) is -0.133. The Balaban J connectivity index is 2.10. The van der Waals surface area contributed by atoms with Crippen molar-refractivity contribution in [1.82, 2.24) is 20.7 Å². The third kappa shape index (κ3) is 2.96. The Morgan fingerprint density at radius 2 is 2.30 bits per heavy atom. The predicted octanol–water partition coefficient (Wildman–Crippen LogP) is 0.101. The first-order valence-electron chi connectivity index (χ1n) is 8.17. The van der Waals surface area contributed by atoms with E-state index in [0.29, 0.717) is 6.42 Å². The highest BCUT2D eigenvalue weighted by molar-refractivity contribution is 5.90. The average molecular weight is 284 g/mol. The summed E-state index contributed by atoms with van der Waals surface area (Å²) in [5.41, 5.74) is 0. The molecule has 0 bridgehead atoms. The molecule has 0 radical (unpaired) electrons. The highest BCUT2D eigenvalue weighted by Gasteiger charge is 2.42. The van der Waals surface area contributed by atoms with Gasteiger partial charge in [0, 0.05) is 20.5 Å². The number of nitrogens with zero attached hydrogens (tertiary/aromatic N) is 2. The highest BCUT2D eigenvalue weighted by Crippen LogP contribution is 2.24. The largest absolute Gasteiger partial charge is 0.352 e. The molecule has 114 valence electrons. The maximum absolute atomic E-state index is 12.5. The van der Waals surface area contributed by atoms with Gasteiger partial charge in [0.05, 0.1) is 6.04 Å². The van der Waals surface area contributed by atoms with Crippen LogP contribution in [0, 0.1) is 0 Å². The molecule has 0 aromatic heterocycles. The van der Waals surface area contributed by atoms with Gasteiger partial charge in [0.15, 0.2) is 0 Å². The summed E-state index contributed by atoms with van der Waals surface area (Å²) in [6, 6.07) is -0.760. The lowest BCUT2D eigenvalue weighted by Gasteiger charge is -2.48. The van der Waals surface area contributed by atoms with Crippen molar-refractivity contribution < 1.29 is 11.0 Å². The van der Waals surface area contributed by atoms with E-state index in [1.807, 2.05) is 11.9 Å². The van der Waals surface area contributed by atoms with Crippen LogP contribution in [0.15, 0.2) is 0 Å². The lowest BCUT2D eigenvalue weighted by molar-refractivity contribution is -0.177. The fraction of sp³-hybridized carbons (Fsp3) is 0.857. The molecule has 2 aliphatic rings. The van der Waals surface area contributed by atoms with Gasteiger partial charge in [0.2, 0.25) is 5.91 Å². The van der Waals surface area contributed by atoms with E-state index in [1.165, 1.54) is 0 Å². The molecule has 2 amide bonds. The number of likely N-dealkylation sites (N-methyl/N-ethyl adjacent to an activating group) is 1. The Labute approximate surface area is 122 Å². The van der Waals surface area contributed by atoms with Crippen LogP contribution in [0.25, 0.3) is 0 Å². The molecule has 2 saturated heterocycles. The van der Waals surface area contributed by atoms with Crippen molar-refractivity contribution >= 4 is 11.8 Å². The van der Waals surface area contributed by atoms with Crippen LogP contribution in [0.2, 0.25) is 0 Å². The highest BCUT2D eigenvalue weighted by atomic mass is 16.2. The zero-order chi connectivity index (χ0) is 15.4. The van der Waals surface area contributed by atoms with Crippen LogP contribution >= 0.6 is 0 Å². The summed E-state index contributed by atoms with van der Waals surface area (Å²) < 4.78 is 7.44. The smallest absolute Gasteiger partial charge is 0.254 e. The standard InChI is InChI=1S/C14H26N4O2/c1-4-10(2)16-13(19)12-6-5-8-17-9-7-11(15-3)14(20)18(12)17/h10-12,15H,4-9H2,1-3H3,(H,16,19)/i2T. The first kappa shape index (κ1) is 13.8. The van der Waals surface area contributed by atoms with E-state index in [-0.39, 0.29) is 30.8 Å². The van der Waals surface area contributed by atoms with Crippen molar-refractivity contribution in [2.24, 2.45) is 0 Å². The topological polar surface area (TPSA) is 64.7 Å². The van der Waals surface area contributed by atoms with E-state index in [9.17, 15) is 9.59 Å². The van der Waals surface area contributed by atoms with Crippen LogP contribution in [-0.4, -0.2) is 60.1 Å². The van der Waals surface area contributed by atoms with Crippen molar-refractivity contribution in [2.75, 3.05) is 20.1 Å². The number of hydrogen-bond acceptors (Lipinski definition) is 4. The summed E-state index contributed by atoms with van der Waals surface area (Å²) in [5, 5.41) is 9.59. The number of carbonyl (C=O) groups excluding carboxylic acids is 2. The maximum Gasteiger partial charge on any atom is 0.254 e. The van der Waals surface area contributed by atoms with Gasteiger partial charge >= 0.3 is 0 Å². The van der Waals surface area contributed by atoms with Gasteiger partial charge in [-0.15, -0.1) is 0 Å². The molecular formula is C14H26N4O2. The monoisotopic (exact) mass is 284 g/mol. The molecule has 3 unspecified atom stereocenters. The third-order valence-corrected chi connectivity index (χ3v) is 4.18. The van der Waals surface area contributed by atoms with E-state index in [1.54, 1.807) is 12.1 Å². The van der Waals surface area contributed by atoms with Crippen molar-refractivity contribution in [3.8, 4) is 0 Å². The van der Waals surface area contributed by atoms with Crippen molar-refractivity contribution in [3.63, 3.8) is 0 Å². The fourth-order valence-corrected chi connectivity index (χ4v) is 2.88. The number of hydrogen-bond donors (Lipinski definition) is 2. The molecule has 2 rings (SSSR count). The van der Waals surface area contributed by atoms with E-state index < -0.39 is 6.04 Å². The number of hydrazine groups is 1. The van der Waals surface area contributed by atoms with Crippen LogP contribution < -0.4 is 10.6 Å². The fourth-order valence-electron chi connectivity index (χ4n) is 2.88. The molecule has 2 fully saturated rings. The number of amides is 2. The molecule has 0 saturated carbocycles. The Morgan fingerprint density at radius 1 is 1.50 bits per heavy atom. The van der Waals surface area contributed by atoms with E-state index >= 15 is 0 Å². The van der Waals surface area contributed by atoms with E-state index in [0.717, 1.165) is 32.4 Å². The van der Waals surface area contributed by atoms with Gasteiger partial charge in [-0.2, -0.15) is 0 Å². The van der Waals surface area contributed by atoms with Crippen molar-refractivity contribution in [2.45, 2.75) is 57.6 Å². The molecule has 0 aromatic carbocycles. The van der Waals surface area contributed by atoms with Gasteiger partial charge in [-0.3, -0.25) is 14.6 Å². The van der Waals surface area contributed by atoms with Gasteiger partial charge in [-0.1, -0.05) is 6.92 Å². The van der Waals surface area contributed by atoms with Crippen LogP contribution in [0.1, 0.15) is 40.9 Å². The summed E-state index contributed by atoms with van der Waals surface area (Å²) in [6.45, 7) is 3.76. The normalized spacial score (nSPS) is 29.6. The molecule has 2 aliphatic heterocycles. The van der Waals surface area contributed by atoms with Crippen molar-refractivity contribution in [3.05, 3.63) is 0 Å². The van der Waals surface area contributed by atoms with Gasteiger partial charge in [0.1, 0.15) is 6.04 Å². The molecule has 2 N–H and O–H groups in total. The summed E-state index contributed by atoms with van der Waals surface area (Å²) in [4.78, 5) is 25.0. The Bertz CT molecular complexity index is 389. The predicted molar refractivity (Wildman–Crippen MR) is 76.8 cm³/mol. The Morgan fingerprint density at radius 3 is 2.95 bits per heavy atom. The molecule has 20 heavy (non-hydrogen) atoms. The molecule has 2 heterocycles. The second kappa shape index (κ2) is 6.54. The number of carbonyl (C=O) groups is 2.